The van der Waals surface area contributed by atoms with Gasteiger partial charge in [0.05, 0.1) is 18.7 Å². The molecule has 2 aromatic heterocycles. The molecule has 1 N–H and O–H groups in total. The molecule has 0 atom stereocenters. The van der Waals surface area contributed by atoms with Crippen molar-refractivity contribution in [1.29, 1.82) is 0 Å². The van der Waals surface area contributed by atoms with E-state index >= 15 is 0 Å². The van der Waals surface area contributed by atoms with E-state index in [0.717, 1.165) is 10.4 Å². The molecule has 9 heteroatoms. The Labute approximate surface area is 170 Å². The molecule has 152 valence electrons. The van der Waals surface area contributed by atoms with Gasteiger partial charge >= 0.3 is 6.09 Å². The van der Waals surface area contributed by atoms with E-state index in [1.165, 1.54) is 23.5 Å². The van der Waals surface area contributed by atoms with Crippen LogP contribution < -0.4 is 5.56 Å². The minimum absolute atomic E-state index is 0.173. The average molecular weight is 416 g/mol. The quantitative estimate of drug-likeness (QED) is 0.707. The van der Waals surface area contributed by atoms with Gasteiger partial charge in [-0.1, -0.05) is 12.1 Å². The van der Waals surface area contributed by atoms with Crippen molar-refractivity contribution in [3.63, 3.8) is 0 Å². The first-order valence-electron chi connectivity index (χ1n) is 9.46. The molecule has 1 aliphatic rings. The Morgan fingerprint density at radius 1 is 1.24 bits per heavy atom. The highest BCUT2D eigenvalue weighted by molar-refractivity contribution is 7.22. The minimum atomic E-state index is -0.295. The van der Waals surface area contributed by atoms with Gasteiger partial charge in [0.2, 0.25) is 0 Å². The summed E-state index contributed by atoms with van der Waals surface area (Å²) in [4.78, 5) is 36.5. The van der Waals surface area contributed by atoms with Crippen molar-refractivity contribution >= 4 is 27.6 Å². The molecule has 0 spiro atoms. The van der Waals surface area contributed by atoms with Crippen molar-refractivity contribution < 1.29 is 13.9 Å². The first kappa shape index (κ1) is 19.5. The molecular weight excluding hydrogens is 395 g/mol. The maximum Gasteiger partial charge on any atom is 0.409 e. The van der Waals surface area contributed by atoms with Crippen molar-refractivity contribution in [2.24, 2.45) is 0 Å². The van der Waals surface area contributed by atoms with Crippen molar-refractivity contribution in [2.45, 2.75) is 13.5 Å². The Morgan fingerprint density at radius 3 is 2.66 bits per heavy atom. The molecule has 3 heterocycles. The monoisotopic (exact) mass is 416 g/mol. The fourth-order valence-corrected chi connectivity index (χ4v) is 4.33. The van der Waals surface area contributed by atoms with Crippen LogP contribution in [0.25, 0.3) is 20.7 Å². The molecule has 0 aliphatic carbocycles. The molecule has 0 bridgehead atoms. The lowest BCUT2D eigenvalue weighted by Gasteiger charge is -2.33. The number of ether oxygens (including phenoxy) is 1. The number of aromatic nitrogens is 2. The Hall–Kier alpha value is -2.78. The van der Waals surface area contributed by atoms with E-state index in [9.17, 15) is 14.0 Å². The molecule has 0 unspecified atom stereocenters. The smallest absolute Gasteiger partial charge is 0.409 e. The van der Waals surface area contributed by atoms with Crippen molar-refractivity contribution in [2.75, 3.05) is 32.8 Å². The van der Waals surface area contributed by atoms with Gasteiger partial charge in [-0.15, -0.1) is 11.3 Å². The number of amides is 1. The van der Waals surface area contributed by atoms with Crippen LogP contribution in [0.15, 0.2) is 35.1 Å². The lowest BCUT2D eigenvalue weighted by Crippen LogP contribution is -2.48. The van der Waals surface area contributed by atoms with Gasteiger partial charge in [-0.3, -0.25) is 9.69 Å². The van der Waals surface area contributed by atoms with Crippen LogP contribution in [-0.4, -0.2) is 58.6 Å². The summed E-state index contributed by atoms with van der Waals surface area (Å²) < 4.78 is 18.7. The minimum Gasteiger partial charge on any atom is -0.450 e. The second kappa shape index (κ2) is 8.30. The molecule has 1 aromatic carbocycles. The third kappa shape index (κ3) is 4.30. The van der Waals surface area contributed by atoms with E-state index in [2.05, 4.69) is 14.9 Å². The number of piperazine rings is 1. The normalized spacial score (nSPS) is 15.0. The van der Waals surface area contributed by atoms with E-state index in [0.29, 0.717) is 55.4 Å². The first-order chi connectivity index (χ1) is 14.0. The van der Waals surface area contributed by atoms with E-state index in [1.807, 2.05) is 6.07 Å². The molecule has 3 aromatic rings. The number of halogens is 1. The lowest BCUT2D eigenvalue weighted by atomic mass is 10.2. The predicted molar refractivity (Wildman–Crippen MR) is 110 cm³/mol. The third-order valence-corrected chi connectivity index (χ3v) is 6.00. The number of H-pyrrole nitrogens is 1. The Balaban J connectivity index is 1.48. The van der Waals surface area contributed by atoms with Crippen LogP contribution >= 0.6 is 11.3 Å². The number of benzene rings is 1. The molecule has 7 nitrogen and oxygen atoms in total. The fraction of sp³-hybridized carbons (Fsp3) is 0.350. The van der Waals surface area contributed by atoms with Crippen LogP contribution in [0.3, 0.4) is 0 Å². The number of nitrogens with zero attached hydrogens (tertiary/aromatic N) is 3. The van der Waals surface area contributed by atoms with Gasteiger partial charge in [-0.2, -0.15) is 0 Å². The van der Waals surface area contributed by atoms with Crippen LogP contribution in [0.2, 0.25) is 0 Å². The van der Waals surface area contributed by atoms with Crippen molar-refractivity contribution in [1.82, 2.24) is 19.8 Å². The summed E-state index contributed by atoms with van der Waals surface area (Å²) in [5.74, 6) is 0.298. The third-order valence-electron chi connectivity index (χ3n) is 4.83. The Morgan fingerprint density at radius 2 is 1.97 bits per heavy atom. The number of aromatic amines is 1. The standard InChI is InChI=1S/C20H21FN4O3S/c1-2-28-20(27)25-9-7-24(8-10-25)12-17-22-15-11-16(29-18(15)19(26)23-17)13-3-5-14(21)6-4-13/h3-6,11H,2,7-10,12H2,1H3,(H,22,23,26). The molecule has 0 radical (unpaired) electrons. The number of rotatable bonds is 4. The van der Waals surface area contributed by atoms with Gasteiger partial charge in [-0.05, 0) is 30.7 Å². The second-order valence-electron chi connectivity index (χ2n) is 6.81. The van der Waals surface area contributed by atoms with Gasteiger partial charge in [0, 0.05) is 31.1 Å². The van der Waals surface area contributed by atoms with Crippen LogP contribution in [-0.2, 0) is 11.3 Å². The van der Waals surface area contributed by atoms with Crippen LogP contribution in [0.4, 0.5) is 9.18 Å². The summed E-state index contributed by atoms with van der Waals surface area (Å²) in [7, 11) is 0. The van der Waals surface area contributed by atoms with Crippen LogP contribution in [0.5, 0.6) is 0 Å². The average Bonchev–Trinajstić information content (AvgIpc) is 3.14. The molecule has 1 saturated heterocycles. The van der Waals surface area contributed by atoms with E-state index in [4.69, 9.17) is 4.74 Å². The predicted octanol–water partition coefficient (Wildman–Crippen LogP) is 3.06. The van der Waals surface area contributed by atoms with E-state index in [1.54, 1.807) is 24.0 Å². The summed E-state index contributed by atoms with van der Waals surface area (Å²) in [6.07, 6.45) is -0.285. The number of carbonyl (C=O) groups excluding carboxylic acids is 1. The van der Waals surface area contributed by atoms with Crippen LogP contribution in [0, 0.1) is 5.82 Å². The molecule has 0 saturated carbocycles. The van der Waals surface area contributed by atoms with Gasteiger partial charge in [0.25, 0.3) is 5.56 Å². The van der Waals surface area contributed by atoms with E-state index < -0.39 is 0 Å². The maximum atomic E-state index is 13.2. The highest BCUT2D eigenvalue weighted by atomic mass is 32.1. The largest absolute Gasteiger partial charge is 0.450 e. The van der Waals surface area contributed by atoms with Crippen LogP contribution in [0.1, 0.15) is 12.7 Å². The van der Waals surface area contributed by atoms with Gasteiger partial charge in [-0.25, -0.2) is 14.2 Å². The van der Waals surface area contributed by atoms with Crippen molar-refractivity contribution in [3.8, 4) is 10.4 Å². The van der Waals surface area contributed by atoms with Gasteiger partial charge < -0.3 is 14.6 Å². The summed E-state index contributed by atoms with van der Waals surface area (Å²) in [6.45, 7) is 5.19. The van der Waals surface area contributed by atoms with Crippen molar-refractivity contribution in [3.05, 3.63) is 52.3 Å². The highest BCUT2D eigenvalue weighted by Gasteiger charge is 2.22. The number of thiophene rings is 1. The highest BCUT2D eigenvalue weighted by Crippen LogP contribution is 2.30. The number of nitrogens with one attached hydrogen (secondary N) is 1. The first-order valence-corrected chi connectivity index (χ1v) is 10.3. The molecule has 29 heavy (non-hydrogen) atoms. The maximum absolute atomic E-state index is 13.2. The zero-order valence-corrected chi connectivity index (χ0v) is 16.8. The van der Waals surface area contributed by atoms with E-state index in [-0.39, 0.29) is 17.5 Å². The molecule has 1 amide bonds. The number of hydrogen-bond donors (Lipinski definition) is 1. The molecule has 4 rings (SSSR count). The molecular formula is C20H21FN4O3S. The Bertz CT molecular complexity index is 1070. The summed E-state index contributed by atoms with van der Waals surface area (Å²) in [6, 6.07) is 8.05. The zero-order valence-electron chi connectivity index (χ0n) is 16.0. The lowest BCUT2D eigenvalue weighted by molar-refractivity contribution is 0.0772. The number of fused-ring (bicyclic) bond motifs is 1. The van der Waals surface area contributed by atoms with Gasteiger partial charge in [0.15, 0.2) is 0 Å². The summed E-state index contributed by atoms with van der Waals surface area (Å²) >= 11 is 1.35. The topological polar surface area (TPSA) is 78.5 Å². The number of carbonyl (C=O) groups is 1. The Kier molecular flexibility index (Phi) is 5.59. The molecule has 1 aliphatic heterocycles. The van der Waals surface area contributed by atoms with Gasteiger partial charge in [0.1, 0.15) is 16.3 Å². The zero-order chi connectivity index (χ0) is 20.4. The molecule has 1 fully saturated rings. The summed E-state index contributed by atoms with van der Waals surface area (Å²) in [5, 5.41) is 0. The summed E-state index contributed by atoms with van der Waals surface area (Å²) in [5.41, 5.74) is 1.32. The number of hydrogen-bond acceptors (Lipinski definition) is 6. The SMILES string of the molecule is CCOC(=O)N1CCN(Cc2nc3cc(-c4ccc(F)cc4)sc3c(=O)[nH]2)CC1. The fourth-order valence-electron chi connectivity index (χ4n) is 3.33. The second-order valence-corrected chi connectivity index (χ2v) is 7.86.